The smallest absolute Gasteiger partial charge is 0.323 e. The molecule has 12 heteroatoms. The molecule has 0 atom stereocenters. The average molecular weight is 547 g/mol. The SMILES string of the molecule is CCCNc1ncc(-c2ccc(Oc3ccc(NC(=O)Nc4cc(Cl)ccc4-n4nccn4)cn3)cc2)s1. The fourth-order valence-electron chi connectivity index (χ4n) is 3.45. The Bertz CT molecular complexity index is 1510. The number of aromatic nitrogens is 5. The number of thiazole rings is 1. The summed E-state index contributed by atoms with van der Waals surface area (Å²) in [7, 11) is 0. The van der Waals surface area contributed by atoms with E-state index in [1.54, 1.807) is 54.1 Å². The van der Waals surface area contributed by atoms with Gasteiger partial charge in [0.2, 0.25) is 5.88 Å². The van der Waals surface area contributed by atoms with Crippen LogP contribution in [0, 0.1) is 0 Å². The number of amides is 2. The van der Waals surface area contributed by atoms with Crippen molar-refractivity contribution in [1.82, 2.24) is 25.0 Å². The molecule has 3 heterocycles. The van der Waals surface area contributed by atoms with Gasteiger partial charge in [0.1, 0.15) is 11.4 Å². The Morgan fingerprint density at radius 2 is 1.82 bits per heavy atom. The molecule has 0 saturated carbocycles. The fourth-order valence-corrected chi connectivity index (χ4v) is 4.47. The molecule has 0 saturated heterocycles. The molecule has 0 aliphatic carbocycles. The average Bonchev–Trinajstić information content (AvgIpc) is 3.62. The lowest BCUT2D eigenvalue weighted by molar-refractivity contribution is 0.262. The lowest BCUT2D eigenvalue weighted by Crippen LogP contribution is -2.20. The van der Waals surface area contributed by atoms with E-state index in [4.69, 9.17) is 16.3 Å². The summed E-state index contributed by atoms with van der Waals surface area (Å²) >= 11 is 7.73. The maximum atomic E-state index is 12.6. The highest BCUT2D eigenvalue weighted by Gasteiger charge is 2.11. The van der Waals surface area contributed by atoms with Crippen LogP contribution >= 0.6 is 22.9 Å². The standard InChI is InChI=1S/C26H23ClN8O2S/c1-2-11-28-26-30-16-23(38-26)17-3-7-20(8-4-17)37-24-10-6-19(15-29-24)33-25(36)34-21-14-18(27)5-9-22(21)35-31-12-13-32-35/h3-10,12-16H,2,11H2,1H3,(H,28,30)(H2,33,34,36). The summed E-state index contributed by atoms with van der Waals surface area (Å²) in [4.78, 5) is 23.8. The number of benzene rings is 2. The number of ether oxygens (including phenoxy) is 1. The van der Waals surface area contributed by atoms with E-state index in [1.165, 1.54) is 11.0 Å². The molecule has 10 nitrogen and oxygen atoms in total. The molecule has 38 heavy (non-hydrogen) atoms. The summed E-state index contributed by atoms with van der Waals surface area (Å²) in [5.41, 5.74) is 2.58. The van der Waals surface area contributed by atoms with E-state index in [2.05, 4.69) is 43.0 Å². The van der Waals surface area contributed by atoms with Crippen LogP contribution in [0.25, 0.3) is 16.1 Å². The van der Waals surface area contributed by atoms with Gasteiger partial charge >= 0.3 is 6.03 Å². The molecule has 3 aromatic heterocycles. The molecule has 2 aromatic carbocycles. The number of hydrogen-bond acceptors (Lipinski definition) is 8. The number of rotatable bonds is 9. The van der Waals surface area contributed by atoms with Gasteiger partial charge in [-0.2, -0.15) is 10.2 Å². The van der Waals surface area contributed by atoms with E-state index in [1.807, 2.05) is 30.5 Å². The molecule has 5 rings (SSSR count). The van der Waals surface area contributed by atoms with Crippen LogP contribution < -0.4 is 20.7 Å². The third-order valence-electron chi connectivity index (χ3n) is 5.23. The van der Waals surface area contributed by atoms with Crippen molar-refractivity contribution in [1.29, 1.82) is 0 Å². The van der Waals surface area contributed by atoms with E-state index >= 15 is 0 Å². The molecule has 2 amide bonds. The van der Waals surface area contributed by atoms with E-state index in [0.29, 0.717) is 33.7 Å². The van der Waals surface area contributed by atoms with E-state index in [9.17, 15) is 4.79 Å². The number of pyridine rings is 1. The predicted octanol–water partition coefficient (Wildman–Crippen LogP) is 6.70. The van der Waals surface area contributed by atoms with Crippen molar-refractivity contribution >= 4 is 45.5 Å². The lowest BCUT2D eigenvalue weighted by atomic mass is 10.2. The van der Waals surface area contributed by atoms with E-state index in [-0.39, 0.29) is 0 Å². The third-order valence-corrected chi connectivity index (χ3v) is 6.47. The number of hydrogen-bond donors (Lipinski definition) is 3. The maximum absolute atomic E-state index is 12.6. The number of carbonyl (C=O) groups excluding carboxylic acids is 1. The van der Waals surface area contributed by atoms with Crippen molar-refractivity contribution in [3.63, 3.8) is 0 Å². The number of nitrogens with one attached hydrogen (secondary N) is 3. The normalized spacial score (nSPS) is 10.7. The second-order valence-corrected chi connectivity index (χ2v) is 9.49. The third kappa shape index (κ3) is 6.25. The first-order valence-electron chi connectivity index (χ1n) is 11.8. The summed E-state index contributed by atoms with van der Waals surface area (Å²) in [5.74, 6) is 1.05. The molecule has 5 aromatic rings. The molecule has 0 aliphatic rings. The fraction of sp³-hybridized carbons (Fsp3) is 0.115. The van der Waals surface area contributed by atoms with Gasteiger partial charge < -0.3 is 20.7 Å². The zero-order valence-electron chi connectivity index (χ0n) is 20.3. The number of carbonyl (C=O) groups is 1. The summed E-state index contributed by atoms with van der Waals surface area (Å²) in [5, 5.41) is 18.4. The Morgan fingerprint density at radius 1 is 1.00 bits per heavy atom. The topological polar surface area (TPSA) is 119 Å². The zero-order valence-corrected chi connectivity index (χ0v) is 21.8. The summed E-state index contributed by atoms with van der Waals surface area (Å²) < 4.78 is 5.86. The van der Waals surface area contributed by atoms with Crippen molar-refractivity contribution in [2.24, 2.45) is 0 Å². The first kappa shape index (κ1) is 25.2. The Hall–Kier alpha value is -4.48. The van der Waals surface area contributed by atoms with Crippen molar-refractivity contribution in [3.8, 4) is 27.8 Å². The van der Waals surface area contributed by atoms with E-state index < -0.39 is 6.03 Å². The Labute approximate surface area is 227 Å². The van der Waals surface area contributed by atoms with Crippen LogP contribution in [-0.2, 0) is 0 Å². The van der Waals surface area contributed by atoms with Crippen molar-refractivity contribution < 1.29 is 9.53 Å². The van der Waals surface area contributed by atoms with Crippen molar-refractivity contribution in [3.05, 3.63) is 84.4 Å². The molecule has 192 valence electrons. The van der Waals surface area contributed by atoms with Crippen LogP contribution in [0.4, 0.5) is 21.3 Å². The Kier molecular flexibility index (Phi) is 7.76. The molecule has 0 bridgehead atoms. The number of anilines is 3. The van der Waals surface area contributed by atoms with E-state index in [0.717, 1.165) is 28.5 Å². The molecule has 0 radical (unpaired) electrons. The van der Waals surface area contributed by atoms with Crippen LogP contribution in [0.2, 0.25) is 5.02 Å². The van der Waals surface area contributed by atoms with Gasteiger partial charge in [0, 0.05) is 23.8 Å². The minimum Gasteiger partial charge on any atom is -0.439 e. The molecular formula is C26H23ClN8O2S. The largest absolute Gasteiger partial charge is 0.439 e. The molecule has 0 aliphatic heterocycles. The summed E-state index contributed by atoms with van der Waals surface area (Å²) in [6.45, 7) is 3.02. The summed E-state index contributed by atoms with van der Waals surface area (Å²) in [6.07, 6.45) is 7.52. The van der Waals surface area contributed by atoms with Gasteiger partial charge in [-0.05, 0) is 60.5 Å². The first-order chi connectivity index (χ1) is 18.6. The van der Waals surface area contributed by atoms with Gasteiger partial charge in [0.05, 0.1) is 34.8 Å². The Balaban J connectivity index is 1.18. The minimum absolute atomic E-state index is 0.398. The van der Waals surface area contributed by atoms with Gasteiger partial charge in [0.25, 0.3) is 0 Å². The van der Waals surface area contributed by atoms with Gasteiger partial charge in [-0.3, -0.25) is 0 Å². The highest BCUT2D eigenvalue weighted by Crippen LogP contribution is 2.31. The van der Waals surface area contributed by atoms with Crippen LogP contribution in [0.5, 0.6) is 11.6 Å². The molecule has 3 N–H and O–H groups in total. The maximum Gasteiger partial charge on any atom is 0.323 e. The quantitative estimate of drug-likeness (QED) is 0.188. The molecule has 0 unspecified atom stereocenters. The van der Waals surface area contributed by atoms with Crippen molar-refractivity contribution in [2.75, 3.05) is 22.5 Å². The minimum atomic E-state index is -0.470. The Morgan fingerprint density at radius 3 is 2.55 bits per heavy atom. The first-order valence-corrected chi connectivity index (χ1v) is 12.9. The molecular weight excluding hydrogens is 524 g/mol. The second kappa shape index (κ2) is 11.7. The van der Waals surface area contributed by atoms with Crippen LogP contribution in [0.15, 0.2) is 79.4 Å². The molecule has 0 spiro atoms. The van der Waals surface area contributed by atoms with Gasteiger partial charge in [0.15, 0.2) is 5.13 Å². The number of nitrogens with zero attached hydrogens (tertiary/aromatic N) is 5. The van der Waals surface area contributed by atoms with Crippen LogP contribution in [0.3, 0.4) is 0 Å². The van der Waals surface area contributed by atoms with Gasteiger partial charge in [-0.15, -0.1) is 4.80 Å². The monoisotopic (exact) mass is 546 g/mol. The highest BCUT2D eigenvalue weighted by molar-refractivity contribution is 7.18. The predicted molar refractivity (Wildman–Crippen MR) is 150 cm³/mol. The van der Waals surface area contributed by atoms with Crippen LogP contribution in [-0.4, -0.2) is 37.5 Å². The lowest BCUT2D eigenvalue weighted by Gasteiger charge is -2.12. The van der Waals surface area contributed by atoms with Gasteiger partial charge in [-0.1, -0.05) is 29.9 Å². The second-order valence-electron chi connectivity index (χ2n) is 8.03. The number of urea groups is 1. The van der Waals surface area contributed by atoms with Crippen LogP contribution in [0.1, 0.15) is 13.3 Å². The van der Waals surface area contributed by atoms with Gasteiger partial charge in [-0.25, -0.2) is 14.8 Å². The molecule has 0 fully saturated rings. The van der Waals surface area contributed by atoms with Crippen molar-refractivity contribution in [2.45, 2.75) is 13.3 Å². The highest BCUT2D eigenvalue weighted by atomic mass is 35.5. The number of halogens is 1. The summed E-state index contributed by atoms with van der Waals surface area (Å²) in [6, 6.07) is 15.7. The zero-order chi connectivity index (χ0) is 26.3.